The number of hydrogen-bond donors (Lipinski definition) is 1. The number of benzene rings is 2. The van der Waals surface area contributed by atoms with Gasteiger partial charge < -0.3 is 10.1 Å². The second kappa shape index (κ2) is 8.16. The molecule has 0 radical (unpaired) electrons. The molecule has 0 fully saturated rings. The van der Waals surface area contributed by atoms with Crippen LogP contribution in [0.4, 0.5) is 5.69 Å². The monoisotopic (exact) mass is 361 g/mol. The summed E-state index contributed by atoms with van der Waals surface area (Å²) in [7, 11) is -3.24. The summed E-state index contributed by atoms with van der Waals surface area (Å²) in [5.74, 6) is 0.654. The molecule has 0 aromatic heterocycles. The van der Waals surface area contributed by atoms with Crippen molar-refractivity contribution in [3.63, 3.8) is 0 Å². The Balaban J connectivity index is 1.88. The lowest BCUT2D eigenvalue weighted by atomic mass is 9.99. The summed E-state index contributed by atoms with van der Waals surface area (Å²) in [5.41, 5.74) is 1.95. The second-order valence-electron chi connectivity index (χ2n) is 6.01. The highest BCUT2D eigenvalue weighted by molar-refractivity contribution is 7.90. The lowest BCUT2D eigenvalue weighted by molar-refractivity contribution is -0.118. The van der Waals surface area contributed by atoms with Crippen LogP contribution in [-0.4, -0.2) is 27.2 Å². The first-order valence-electron chi connectivity index (χ1n) is 8.12. The zero-order chi connectivity index (χ0) is 18.4. The van der Waals surface area contributed by atoms with Gasteiger partial charge in [0.1, 0.15) is 5.75 Å². The van der Waals surface area contributed by atoms with Gasteiger partial charge in [0.25, 0.3) is 5.91 Å². The maximum absolute atomic E-state index is 12.0. The van der Waals surface area contributed by atoms with E-state index < -0.39 is 9.84 Å². The van der Waals surface area contributed by atoms with Gasteiger partial charge in [-0.15, -0.1) is 0 Å². The Bertz CT molecular complexity index is 812. The van der Waals surface area contributed by atoms with Gasteiger partial charge in [0.2, 0.25) is 0 Å². The van der Waals surface area contributed by atoms with E-state index >= 15 is 0 Å². The first kappa shape index (κ1) is 19.0. The molecule has 0 aliphatic carbocycles. The average Bonchev–Trinajstić information content (AvgIpc) is 2.59. The molecule has 0 spiro atoms. The van der Waals surface area contributed by atoms with Crippen LogP contribution in [0.5, 0.6) is 5.75 Å². The summed E-state index contributed by atoms with van der Waals surface area (Å²) in [6.07, 6.45) is 2.21. The molecule has 1 amide bonds. The molecule has 0 bridgehead atoms. The third kappa shape index (κ3) is 5.60. The van der Waals surface area contributed by atoms with Gasteiger partial charge in [0.15, 0.2) is 16.4 Å². The standard InChI is InChI=1S/C19H23NO4S/c1-4-14(2)15-5-7-16(8-6-15)20-19(21)13-24-17-9-11-18(12-10-17)25(3,22)23/h5-12,14H,4,13H2,1-3H3,(H,20,21). The minimum Gasteiger partial charge on any atom is -0.484 e. The SMILES string of the molecule is CCC(C)c1ccc(NC(=O)COc2ccc(S(C)(=O)=O)cc2)cc1. The van der Waals surface area contributed by atoms with Gasteiger partial charge >= 0.3 is 0 Å². The number of anilines is 1. The molecule has 2 rings (SSSR count). The smallest absolute Gasteiger partial charge is 0.262 e. The van der Waals surface area contributed by atoms with Gasteiger partial charge in [0.05, 0.1) is 4.90 Å². The predicted molar refractivity (Wildman–Crippen MR) is 98.8 cm³/mol. The Morgan fingerprint density at radius 3 is 2.20 bits per heavy atom. The maximum Gasteiger partial charge on any atom is 0.262 e. The first-order chi connectivity index (χ1) is 11.8. The Morgan fingerprint density at radius 1 is 1.08 bits per heavy atom. The number of rotatable bonds is 7. The lowest BCUT2D eigenvalue weighted by Crippen LogP contribution is -2.20. The minimum absolute atomic E-state index is 0.147. The molecule has 1 atom stereocenters. The molecule has 1 unspecified atom stereocenters. The van der Waals surface area contributed by atoms with Crippen LogP contribution in [-0.2, 0) is 14.6 Å². The third-order valence-electron chi connectivity index (χ3n) is 4.00. The Labute approximate surface area is 148 Å². The highest BCUT2D eigenvalue weighted by atomic mass is 32.2. The van der Waals surface area contributed by atoms with E-state index in [9.17, 15) is 13.2 Å². The van der Waals surface area contributed by atoms with E-state index in [1.165, 1.54) is 29.8 Å². The van der Waals surface area contributed by atoms with Crippen LogP contribution in [0.15, 0.2) is 53.4 Å². The molecule has 6 heteroatoms. The molecule has 2 aromatic rings. The topological polar surface area (TPSA) is 72.5 Å². The van der Waals surface area contributed by atoms with Crippen molar-refractivity contribution in [3.8, 4) is 5.75 Å². The quantitative estimate of drug-likeness (QED) is 0.817. The molecule has 0 heterocycles. The van der Waals surface area contributed by atoms with Crippen molar-refractivity contribution in [2.45, 2.75) is 31.1 Å². The summed E-state index contributed by atoms with van der Waals surface area (Å²) in [4.78, 5) is 12.2. The Morgan fingerprint density at radius 2 is 1.68 bits per heavy atom. The van der Waals surface area contributed by atoms with Gasteiger partial charge in [-0.2, -0.15) is 0 Å². The number of nitrogens with one attached hydrogen (secondary N) is 1. The van der Waals surface area contributed by atoms with Crippen molar-refractivity contribution < 1.29 is 17.9 Å². The molecule has 2 aromatic carbocycles. The summed E-state index contributed by atoms with van der Waals surface area (Å²) in [5, 5.41) is 2.77. The summed E-state index contributed by atoms with van der Waals surface area (Å²) < 4.78 is 28.2. The molecule has 25 heavy (non-hydrogen) atoms. The molecular weight excluding hydrogens is 338 g/mol. The summed E-state index contributed by atoms with van der Waals surface area (Å²) in [6.45, 7) is 4.15. The second-order valence-corrected chi connectivity index (χ2v) is 8.03. The van der Waals surface area contributed by atoms with Crippen molar-refractivity contribution in [1.29, 1.82) is 0 Å². The van der Waals surface area contributed by atoms with Crippen molar-refractivity contribution >= 4 is 21.4 Å². The highest BCUT2D eigenvalue weighted by Crippen LogP contribution is 2.20. The number of carbonyl (C=O) groups excluding carboxylic acids is 1. The van der Waals surface area contributed by atoms with Crippen LogP contribution in [0, 0.1) is 0 Å². The fourth-order valence-electron chi connectivity index (χ4n) is 2.26. The van der Waals surface area contributed by atoms with E-state index in [1.54, 1.807) is 0 Å². The molecule has 0 aliphatic rings. The molecule has 134 valence electrons. The van der Waals surface area contributed by atoms with Crippen LogP contribution in [0.3, 0.4) is 0 Å². The van der Waals surface area contributed by atoms with Crippen LogP contribution in [0.1, 0.15) is 31.7 Å². The van der Waals surface area contributed by atoms with E-state index in [0.717, 1.165) is 12.7 Å². The third-order valence-corrected chi connectivity index (χ3v) is 5.13. The Kier molecular flexibility index (Phi) is 6.20. The van der Waals surface area contributed by atoms with Crippen molar-refractivity contribution in [3.05, 3.63) is 54.1 Å². The zero-order valence-corrected chi connectivity index (χ0v) is 15.5. The molecule has 0 saturated heterocycles. The molecular formula is C19H23NO4S. The van der Waals surface area contributed by atoms with Crippen molar-refractivity contribution in [1.82, 2.24) is 0 Å². The number of sulfone groups is 1. The van der Waals surface area contributed by atoms with Crippen LogP contribution < -0.4 is 10.1 Å². The number of amides is 1. The van der Waals surface area contributed by atoms with Gasteiger partial charge in [-0.3, -0.25) is 4.79 Å². The number of hydrogen-bond acceptors (Lipinski definition) is 4. The zero-order valence-electron chi connectivity index (χ0n) is 14.7. The van der Waals surface area contributed by atoms with E-state index in [4.69, 9.17) is 4.74 Å². The van der Waals surface area contributed by atoms with Gasteiger partial charge in [-0.1, -0.05) is 26.0 Å². The van der Waals surface area contributed by atoms with E-state index in [2.05, 4.69) is 19.2 Å². The minimum atomic E-state index is -3.24. The fraction of sp³-hybridized carbons (Fsp3) is 0.316. The van der Waals surface area contributed by atoms with E-state index in [-0.39, 0.29) is 17.4 Å². The highest BCUT2D eigenvalue weighted by Gasteiger charge is 2.08. The fourth-order valence-corrected chi connectivity index (χ4v) is 2.89. The summed E-state index contributed by atoms with van der Waals surface area (Å²) >= 11 is 0. The van der Waals surface area contributed by atoms with E-state index in [0.29, 0.717) is 17.4 Å². The number of ether oxygens (including phenoxy) is 1. The van der Waals surface area contributed by atoms with Crippen LogP contribution >= 0.6 is 0 Å². The summed E-state index contributed by atoms with van der Waals surface area (Å²) in [6, 6.07) is 13.7. The van der Waals surface area contributed by atoms with Crippen LogP contribution in [0.25, 0.3) is 0 Å². The van der Waals surface area contributed by atoms with Gasteiger partial charge in [-0.25, -0.2) is 8.42 Å². The Hall–Kier alpha value is -2.34. The maximum atomic E-state index is 12.0. The first-order valence-corrected chi connectivity index (χ1v) is 10.0. The number of carbonyl (C=O) groups is 1. The van der Waals surface area contributed by atoms with E-state index in [1.807, 2.05) is 24.3 Å². The molecule has 1 N–H and O–H groups in total. The lowest BCUT2D eigenvalue weighted by Gasteiger charge is -2.11. The molecule has 0 saturated carbocycles. The predicted octanol–water partition coefficient (Wildman–Crippen LogP) is 3.62. The normalized spacial score (nSPS) is 12.4. The average molecular weight is 361 g/mol. The molecule has 0 aliphatic heterocycles. The van der Waals surface area contributed by atoms with Gasteiger partial charge in [0, 0.05) is 11.9 Å². The van der Waals surface area contributed by atoms with Crippen molar-refractivity contribution in [2.75, 3.05) is 18.2 Å². The molecule has 5 nitrogen and oxygen atoms in total. The largest absolute Gasteiger partial charge is 0.484 e. The van der Waals surface area contributed by atoms with Crippen LogP contribution in [0.2, 0.25) is 0 Å². The van der Waals surface area contributed by atoms with Crippen molar-refractivity contribution in [2.24, 2.45) is 0 Å². The van der Waals surface area contributed by atoms with Gasteiger partial charge in [-0.05, 0) is 54.3 Å².